The molecule has 2 aliphatic heterocycles. The summed E-state index contributed by atoms with van der Waals surface area (Å²) in [6, 6.07) is 8.29. The zero-order valence-electron chi connectivity index (χ0n) is 17.3. The number of benzene rings is 1. The van der Waals surface area contributed by atoms with Gasteiger partial charge in [0.25, 0.3) is 5.91 Å². The highest BCUT2D eigenvalue weighted by atomic mass is 16.5. The average Bonchev–Trinajstić information content (AvgIpc) is 2.69. The van der Waals surface area contributed by atoms with Gasteiger partial charge in [-0.3, -0.25) is 4.79 Å². The van der Waals surface area contributed by atoms with E-state index in [1.54, 1.807) is 11.0 Å². The summed E-state index contributed by atoms with van der Waals surface area (Å²) in [5.74, 6) is -0.218. The van der Waals surface area contributed by atoms with Crippen LogP contribution in [0.3, 0.4) is 0 Å². The van der Waals surface area contributed by atoms with Gasteiger partial charge in [0.15, 0.2) is 0 Å². The Balaban J connectivity index is 1.94. The van der Waals surface area contributed by atoms with Crippen molar-refractivity contribution in [3.05, 3.63) is 41.0 Å². The molecular weight excluding hydrogens is 350 g/mol. The van der Waals surface area contributed by atoms with Gasteiger partial charge in [0.1, 0.15) is 11.6 Å². The normalized spacial score (nSPS) is 19.0. The lowest BCUT2D eigenvalue weighted by atomic mass is 9.87. The SMILES string of the molecule is CCCN1c2ccc(/C=C(\C#N)C(=O)N3CCOCC3)cc2C(C)=CC1(C)C. The molecule has 5 heteroatoms. The molecule has 0 spiro atoms. The molecule has 3 rings (SSSR count). The van der Waals surface area contributed by atoms with Crippen LogP contribution in [0.25, 0.3) is 11.6 Å². The van der Waals surface area contributed by atoms with Gasteiger partial charge >= 0.3 is 0 Å². The molecule has 2 heterocycles. The van der Waals surface area contributed by atoms with Gasteiger partial charge in [0.2, 0.25) is 0 Å². The number of rotatable bonds is 4. The predicted octanol–water partition coefficient (Wildman–Crippen LogP) is 3.86. The highest BCUT2D eigenvalue weighted by molar-refractivity contribution is 6.02. The van der Waals surface area contributed by atoms with Gasteiger partial charge in [-0.1, -0.05) is 19.1 Å². The maximum Gasteiger partial charge on any atom is 0.264 e. The number of allylic oxidation sites excluding steroid dienone is 1. The molecular formula is C23H29N3O2. The van der Waals surface area contributed by atoms with E-state index >= 15 is 0 Å². The smallest absolute Gasteiger partial charge is 0.264 e. The number of carbonyl (C=O) groups is 1. The molecule has 2 aliphatic rings. The molecule has 0 N–H and O–H groups in total. The molecule has 0 atom stereocenters. The fraction of sp³-hybridized carbons (Fsp3) is 0.478. The molecule has 5 nitrogen and oxygen atoms in total. The number of fused-ring (bicyclic) bond motifs is 1. The van der Waals surface area contributed by atoms with Gasteiger partial charge in [0.05, 0.1) is 18.8 Å². The van der Waals surface area contributed by atoms with Crippen LogP contribution < -0.4 is 4.90 Å². The van der Waals surface area contributed by atoms with Crippen LogP contribution in [0.5, 0.6) is 0 Å². The van der Waals surface area contributed by atoms with E-state index in [9.17, 15) is 10.1 Å². The van der Waals surface area contributed by atoms with Crippen LogP contribution in [-0.4, -0.2) is 49.2 Å². The lowest BCUT2D eigenvalue weighted by Gasteiger charge is -2.43. The van der Waals surface area contributed by atoms with Crippen LogP contribution in [0, 0.1) is 11.3 Å². The molecule has 148 valence electrons. The third-order valence-electron chi connectivity index (χ3n) is 5.41. The maximum atomic E-state index is 12.7. The van der Waals surface area contributed by atoms with E-state index in [0.29, 0.717) is 26.3 Å². The fourth-order valence-corrected chi connectivity index (χ4v) is 4.07. The molecule has 1 aromatic rings. The zero-order valence-corrected chi connectivity index (χ0v) is 17.3. The monoisotopic (exact) mass is 379 g/mol. The van der Waals surface area contributed by atoms with E-state index in [2.05, 4.69) is 56.9 Å². The summed E-state index contributed by atoms with van der Waals surface area (Å²) in [7, 11) is 0. The Kier molecular flexibility index (Phi) is 5.90. The van der Waals surface area contributed by atoms with Gasteiger partial charge in [0, 0.05) is 30.9 Å². The van der Waals surface area contributed by atoms with Crippen LogP contribution in [0.1, 0.15) is 45.2 Å². The number of hydrogen-bond donors (Lipinski definition) is 0. The molecule has 1 saturated heterocycles. The summed E-state index contributed by atoms with van der Waals surface area (Å²) in [6.45, 7) is 11.9. The van der Waals surface area contributed by atoms with Gasteiger partial charge < -0.3 is 14.5 Å². The van der Waals surface area contributed by atoms with Crippen molar-refractivity contribution in [1.29, 1.82) is 5.26 Å². The lowest BCUT2D eigenvalue weighted by molar-refractivity contribution is -0.130. The number of nitrogens with zero attached hydrogens (tertiary/aromatic N) is 3. The molecule has 1 aromatic carbocycles. The minimum absolute atomic E-state index is 0.0332. The van der Waals surface area contributed by atoms with Gasteiger partial charge in [-0.25, -0.2) is 0 Å². The summed E-state index contributed by atoms with van der Waals surface area (Å²) in [6.07, 6.45) is 5.07. The number of anilines is 1. The van der Waals surface area contributed by atoms with E-state index in [1.807, 2.05) is 6.07 Å². The van der Waals surface area contributed by atoms with Gasteiger partial charge in [-0.05, 0) is 56.5 Å². The molecule has 1 fully saturated rings. The van der Waals surface area contributed by atoms with Crippen molar-refractivity contribution in [2.45, 2.75) is 39.7 Å². The highest BCUT2D eigenvalue weighted by Crippen LogP contribution is 2.39. The Morgan fingerprint density at radius 1 is 1.32 bits per heavy atom. The summed E-state index contributed by atoms with van der Waals surface area (Å²) >= 11 is 0. The fourth-order valence-electron chi connectivity index (χ4n) is 4.07. The Bertz CT molecular complexity index is 855. The van der Waals surface area contributed by atoms with Crippen molar-refractivity contribution >= 4 is 23.2 Å². The van der Waals surface area contributed by atoms with Crippen molar-refractivity contribution in [3.8, 4) is 6.07 Å². The maximum absolute atomic E-state index is 12.7. The lowest BCUT2D eigenvalue weighted by Crippen LogP contribution is -2.45. The van der Waals surface area contributed by atoms with Crippen molar-refractivity contribution in [2.75, 3.05) is 37.7 Å². The zero-order chi connectivity index (χ0) is 20.3. The second kappa shape index (κ2) is 8.20. The van der Waals surface area contributed by atoms with Gasteiger partial charge in [-0.2, -0.15) is 5.26 Å². The van der Waals surface area contributed by atoms with E-state index in [0.717, 1.165) is 24.1 Å². The third-order valence-corrected chi connectivity index (χ3v) is 5.41. The molecule has 0 aromatic heterocycles. The number of ether oxygens (including phenoxy) is 1. The molecule has 1 amide bonds. The highest BCUT2D eigenvalue weighted by Gasteiger charge is 2.30. The Hall–Kier alpha value is -2.58. The standard InChI is InChI=1S/C23H29N3O2/c1-5-8-26-21-7-6-18(14-20(21)17(2)15-23(26,3)4)13-19(16-24)22(27)25-9-11-28-12-10-25/h6-7,13-15H,5,8-12H2,1-4H3/b19-13+. The molecule has 28 heavy (non-hydrogen) atoms. The van der Waals surface area contributed by atoms with Crippen LogP contribution in [-0.2, 0) is 9.53 Å². The van der Waals surface area contributed by atoms with E-state index in [-0.39, 0.29) is 17.0 Å². The van der Waals surface area contributed by atoms with Crippen LogP contribution >= 0.6 is 0 Å². The first-order valence-electron chi connectivity index (χ1n) is 9.97. The summed E-state index contributed by atoms with van der Waals surface area (Å²) in [5.41, 5.74) is 4.61. The summed E-state index contributed by atoms with van der Waals surface area (Å²) in [4.78, 5) is 16.8. The number of carbonyl (C=O) groups excluding carboxylic acids is 1. The second-order valence-corrected chi connectivity index (χ2v) is 7.98. The van der Waals surface area contributed by atoms with Crippen molar-refractivity contribution in [1.82, 2.24) is 4.90 Å². The minimum atomic E-state index is -0.218. The van der Waals surface area contributed by atoms with E-state index < -0.39 is 0 Å². The number of hydrogen-bond acceptors (Lipinski definition) is 4. The Morgan fingerprint density at radius 3 is 2.68 bits per heavy atom. The third kappa shape index (κ3) is 3.98. The Morgan fingerprint density at radius 2 is 2.04 bits per heavy atom. The predicted molar refractivity (Wildman–Crippen MR) is 113 cm³/mol. The molecule has 0 radical (unpaired) electrons. The molecule has 0 aliphatic carbocycles. The van der Waals surface area contributed by atoms with Crippen LogP contribution in [0.15, 0.2) is 29.8 Å². The van der Waals surface area contributed by atoms with Crippen molar-refractivity contribution in [3.63, 3.8) is 0 Å². The topological polar surface area (TPSA) is 56.6 Å². The first-order valence-corrected chi connectivity index (χ1v) is 9.97. The van der Waals surface area contributed by atoms with Gasteiger partial charge in [-0.15, -0.1) is 0 Å². The molecule has 0 saturated carbocycles. The largest absolute Gasteiger partial charge is 0.378 e. The van der Waals surface area contributed by atoms with Crippen molar-refractivity contribution < 1.29 is 9.53 Å². The summed E-state index contributed by atoms with van der Waals surface area (Å²) in [5, 5.41) is 9.54. The molecule has 0 bridgehead atoms. The number of morpholine rings is 1. The quantitative estimate of drug-likeness (QED) is 0.589. The number of nitriles is 1. The second-order valence-electron chi connectivity index (χ2n) is 7.98. The van der Waals surface area contributed by atoms with E-state index in [1.165, 1.54) is 11.3 Å². The first-order chi connectivity index (χ1) is 13.4. The van der Waals surface area contributed by atoms with Crippen LogP contribution in [0.2, 0.25) is 0 Å². The Labute approximate surface area is 167 Å². The van der Waals surface area contributed by atoms with Crippen LogP contribution in [0.4, 0.5) is 5.69 Å². The summed E-state index contributed by atoms with van der Waals surface area (Å²) < 4.78 is 5.30. The van der Waals surface area contributed by atoms with Crippen molar-refractivity contribution in [2.24, 2.45) is 0 Å². The average molecular weight is 380 g/mol. The van der Waals surface area contributed by atoms with E-state index in [4.69, 9.17) is 4.74 Å². The number of amides is 1. The first kappa shape index (κ1) is 20.2. The molecule has 0 unspecified atom stereocenters. The minimum Gasteiger partial charge on any atom is -0.378 e.